The monoisotopic (exact) mass is 468 g/mol. The highest BCUT2D eigenvalue weighted by Crippen LogP contribution is 2.42. The van der Waals surface area contributed by atoms with Crippen LogP contribution in [-0.4, -0.2) is 51.4 Å². The van der Waals surface area contributed by atoms with Crippen LogP contribution in [0.5, 0.6) is 11.5 Å². The molecule has 0 spiro atoms. The van der Waals surface area contributed by atoms with Crippen molar-refractivity contribution in [3.63, 3.8) is 0 Å². The molecule has 0 aliphatic carbocycles. The Morgan fingerprint density at radius 3 is 2.68 bits per heavy atom. The maximum atomic E-state index is 13.4. The van der Waals surface area contributed by atoms with E-state index in [0.717, 1.165) is 5.56 Å². The number of aromatic nitrogens is 3. The lowest BCUT2D eigenvalue weighted by Gasteiger charge is -2.43. The van der Waals surface area contributed by atoms with Crippen molar-refractivity contribution in [3.8, 4) is 17.6 Å². The Bertz CT molecular complexity index is 1390. The number of benzene rings is 1. The zero-order valence-electron chi connectivity index (χ0n) is 18.8. The number of anilines is 1. The molecule has 176 valence electrons. The molecule has 1 saturated heterocycles. The number of nitrogens with zero attached hydrogens (tertiary/aromatic N) is 6. The molecular formula is C23H22F2N6O3. The first-order chi connectivity index (χ1) is 16.2. The minimum Gasteiger partial charge on any atom is -0.395 e. The summed E-state index contributed by atoms with van der Waals surface area (Å²) in [6.45, 7) is 5.85. The van der Waals surface area contributed by atoms with Gasteiger partial charge in [-0.3, -0.25) is 9.47 Å². The van der Waals surface area contributed by atoms with Crippen LogP contribution in [0.4, 0.5) is 14.6 Å². The van der Waals surface area contributed by atoms with Gasteiger partial charge in [-0.15, -0.1) is 8.78 Å². The van der Waals surface area contributed by atoms with Crippen LogP contribution in [0.15, 0.2) is 35.1 Å². The normalized spacial score (nSPS) is 20.4. The minimum atomic E-state index is -3.65. The fourth-order valence-corrected chi connectivity index (χ4v) is 4.65. The first kappa shape index (κ1) is 22.0. The summed E-state index contributed by atoms with van der Waals surface area (Å²) in [5.74, 6) is 0.502. The molecule has 0 amide bonds. The van der Waals surface area contributed by atoms with Gasteiger partial charge < -0.3 is 14.4 Å². The summed E-state index contributed by atoms with van der Waals surface area (Å²) in [5.41, 5.74) is 1.80. The molecule has 9 nitrogen and oxygen atoms in total. The second-order valence-corrected chi connectivity index (χ2v) is 8.54. The average Bonchev–Trinajstić information content (AvgIpc) is 3.13. The molecule has 34 heavy (non-hydrogen) atoms. The number of pyridine rings is 1. The number of aryl methyl sites for hydroxylation is 1. The molecule has 2 aliphatic rings. The van der Waals surface area contributed by atoms with Crippen LogP contribution in [0.2, 0.25) is 0 Å². The number of halogens is 2. The highest BCUT2D eigenvalue weighted by molar-refractivity contribution is 5.86. The largest absolute Gasteiger partial charge is 0.586 e. The van der Waals surface area contributed by atoms with E-state index in [4.69, 9.17) is 0 Å². The molecule has 11 heteroatoms. The van der Waals surface area contributed by atoms with Gasteiger partial charge in [-0.2, -0.15) is 10.2 Å². The Balaban J connectivity index is 1.40. The summed E-state index contributed by atoms with van der Waals surface area (Å²) in [7, 11) is 1.62. The maximum absolute atomic E-state index is 13.4. The number of alkyl halides is 2. The van der Waals surface area contributed by atoms with Crippen LogP contribution in [0.25, 0.3) is 11.0 Å². The number of ether oxygens (including phenoxy) is 2. The van der Waals surface area contributed by atoms with Gasteiger partial charge in [0.2, 0.25) is 0 Å². The highest BCUT2D eigenvalue weighted by Gasteiger charge is 2.43. The third-order valence-corrected chi connectivity index (χ3v) is 6.43. The zero-order chi connectivity index (χ0) is 24.2. The van der Waals surface area contributed by atoms with Crippen LogP contribution < -0.4 is 20.1 Å². The predicted molar refractivity (Wildman–Crippen MR) is 119 cm³/mol. The molecule has 2 aromatic heterocycles. The number of hydrogen-bond acceptors (Lipinski definition) is 8. The Hall–Kier alpha value is -3.78. The van der Waals surface area contributed by atoms with Crippen molar-refractivity contribution in [1.82, 2.24) is 19.4 Å². The van der Waals surface area contributed by atoms with Gasteiger partial charge >= 0.3 is 12.0 Å². The lowest BCUT2D eigenvalue weighted by molar-refractivity contribution is -0.286. The Morgan fingerprint density at radius 2 is 1.94 bits per heavy atom. The fourth-order valence-electron chi connectivity index (χ4n) is 4.65. The highest BCUT2D eigenvalue weighted by atomic mass is 19.3. The van der Waals surface area contributed by atoms with Gasteiger partial charge in [0.05, 0.1) is 5.52 Å². The second-order valence-electron chi connectivity index (χ2n) is 8.54. The smallest absolute Gasteiger partial charge is 0.395 e. The van der Waals surface area contributed by atoms with Crippen molar-refractivity contribution in [3.05, 3.63) is 52.1 Å². The fraction of sp³-hybridized carbons (Fsp3) is 0.391. The molecule has 2 unspecified atom stereocenters. The van der Waals surface area contributed by atoms with Gasteiger partial charge in [0.1, 0.15) is 17.3 Å². The van der Waals surface area contributed by atoms with E-state index < -0.39 is 12.0 Å². The Labute approximate surface area is 193 Å². The lowest BCUT2D eigenvalue weighted by Crippen LogP contribution is -2.53. The van der Waals surface area contributed by atoms with Crippen molar-refractivity contribution in [2.45, 2.75) is 32.2 Å². The van der Waals surface area contributed by atoms with Gasteiger partial charge in [-0.1, -0.05) is 6.07 Å². The van der Waals surface area contributed by atoms with Gasteiger partial charge in [-0.05, 0) is 43.7 Å². The van der Waals surface area contributed by atoms with E-state index in [2.05, 4.69) is 31.3 Å². The Kier molecular flexibility index (Phi) is 5.13. The summed E-state index contributed by atoms with van der Waals surface area (Å²) >= 11 is 0. The molecule has 4 heterocycles. The van der Waals surface area contributed by atoms with Gasteiger partial charge in [0.25, 0.3) is 0 Å². The van der Waals surface area contributed by atoms with Crippen molar-refractivity contribution in [2.24, 2.45) is 7.05 Å². The van der Waals surface area contributed by atoms with Gasteiger partial charge in [-0.25, -0.2) is 9.78 Å². The van der Waals surface area contributed by atoms with Crippen LogP contribution in [0, 0.1) is 11.3 Å². The summed E-state index contributed by atoms with van der Waals surface area (Å²) in [6, 6.07) is 10.1. The van der Waals surface area contributed by atoms with Crippen LogP contribution >= 0.6 is 0 Å². The predicted octanol–water partition coefficient (Wildman–Crippen LogP) is 2.79. The topological polar surface area (TPSA) is 96.5 Å². The van der Waals surface area contributed by atoms with E-state index in [1.54, 1.807) is 31.3 Å². The lowest BCUT2D eigenvalue weighted by atomic mass is 10.0. The average molecular weight is 468 g/mol. The van der Waals surface area contributed by atoms with E-state index in [1.807, 2.05) is 17.9 Å². The summed E-state index contributed by atoms with van der Waals surface area (Å²) < 4.78 is 37.3. The molecule has 1 aromatic carbocycles. The van der Waals surface area contributed by atoms with Gasteiger partial charge in [0.15, 0.2) is 17.3 Å². The molecule has 0 N–H and O–H groups in total. The molecule has 1 fully saturated rings. The molecule has 5 rings (SSSR count). The quantitative estimate of drug-likeness (QED) is 0.579. The third-order valence-electron chi connectivity index (χ3n) is 6.43. The first-order valence-corrected chi connectivity index (χ1v) is 10.9. The summed E-state index contributed by atoms with van der Waals surface area (Å²) in [4.78, 5) is 25.4. The number of hydrogen-bond donors (Lipinski definition) is 0. The van der Waals surface area contributed by atoms with Crippen molar-refractivity contribution < 1.29 is 18.3 Å². The summed E-state index contributed by atoms with van der Waals surface area (Å²) in [6.07, 6.45) is -3.65. The van der Waals surface area contributed by atoms with Crippen molar-refractivity contribution in [2.75, 3.05) is 24.5 Å². The van der Waals surface area contributed by atoms with Crippen molar-refractivity contribution >= 4 is 16.9 Å². The molecule has 0 saturated carbocycles. The van der Waals surface area contributed by atoms with Crippen LogP contribution in [-0.2, 0) is 7.05 Å². The van der Waals surface area contributed by atoms with E-state index in [-0.39, 0.29) is 29.3 Å². The molecule has 0 radical (unpaired) electrons. The second kappa shape index (κ2) is 7.92. The number of nitriles is 1. The molecule has 2 aliphatic heterocycles. The molecular weight excluding hydrogens is 446 g/mol. The third kappa shape index (κ3) is 3.70. The van der Waals surface area contributed by atoms with Gasteiger partial charge in [0, 0.05) is 38.8 Å². The molecule has 3 aromatic rings. The zero-order valence-corrected chi connectivity index (χ0v) is 18.8. The number of piperazine rings is 1. The van der Waals surface area contributed by atoms with E-state index in [9.17, 15) is 18.8 Å². The van der Waals surface area contributed by atoms with Crippen molar-refractivity contribution in [1.29, 1.82) is 5.26 Å². The SMILES string of the molecule is CC1CN(c2nc(=O)n(C)c3ccc(C#N)nc23)CCN1C(C)c1ccc2c(c1)OC(F)(F)O2. The number of rotatable bonds is 3. The first-order valence-electron chi connectivity index (χ1n) is 10.9. The molecule has 2 atom stereocenters. The molecule has 0 bridgehead atoms. The maximum Gasteiger partial charge on any atom is 0.586 e. The number of fused-ring (bicyclic) bond motifs is 2. The standard InChI is InChI=1S/C23H22F2N6O3/c1-13-12-30(21-20-17(29(3)22(32)28-21)6-5-16(11-26)27-20)8-9-31(13)14(2)15-4-7-18-19(10-15)34-23(24,25)33-18/h4-7,10,13-14H,8-9,12H2,1-3H3. The Morgan fingerprint density at radius 1 is 1.18 bits per heavy atom. The van der Waals surface area contributed by atoms with E-state index in [1.165, 1.54) is 10.6 Å². The summed E-state index contributed by atoms with van der Waals surface area (Å²) in [5, 5.41) is 9.28. The van der Waals surface area contributed by atoms with Crippen LogP contribution in [0.1, 0.15) is 31.1 Å². The minimum absolute atomic E-state index is 0.0201. The van der Waals surface area contributed by atoms with E-state index >= 15 is 0 Å². The van der Waals surface area contributed by atoms with Crippen LogP contribution in [0.3, 0.4) is 0 Å². The van der Waals surface area contributed by atoms with E-state index in [0.29, 0.717) is 36.5 Å².